The van der Waals surface area contributed by atoms with Crippen LogP contribution in [0.3, 0.4) is 0 Å². The van der Waals surface area contributed by atoms with Crippen molar-refractivity contribution < 1.29 is 14.3 Å². The zero-order valence-electron chi connectivity index (χ0n) is 14.9. The molecule has 0 bridgehead atoms. The molecule has 3 rings (SSSR count). The summed E-state index contributed by atoms with van der Waals surface area (Å²) in [7, 11) is 1.33. The van der Waals surface area contributed by atoms with E-state index in [1.807, 2.05) is 30.5 Å². The second-order valence-corrected chi connectivity index (χ2v) is 7.48. The Hall–Kier alpha value is -2.64. The minimum absolute atomic E-state index is 0.221. The zero-order chi connectivity index (χ0) is 19.2. The van der Waals surface area contributed by atoms with Gasteiger partial charge in [-0.3, -0.25) is 4.79 Å². The van der Waals surface area contributed by atoms with E-state index in [9.17, 15) is 9.59 Å². The van der Waals surface area contributed by atoms with Crippen LogP contribution in [0.1, 0.15) is 32.0 Å². The Morgan fingerprint density at radius 1 is 1.22 bits per heavy atom. The molecule has 0 fully saturated rings. The summed E-state index contributed by atoms with van der Waals surface area (Å²) in [5, 5.41) is 4.90. The number of nitrogens with one attached hydrogen (secondary N) is 1. The average Bonchev–Trinajstić information content (AvgIpc) is 3.21. The fraction of sp³-hybridized carbons (Fsp3) is 0.150. The third kappa shape index (κ3) is 4.75. The number of thiazole rings is 1. The van der Waals surface area contributed by atoms with Crippen molar-refractivity contribution in [1.29, 1.82) is 0 Å². The molecular formula is C20H18N2O3S2. The van der Waals surface area contributed by atoms with Gasteiger partial charge in [0.1, 0.15) is 0 Å². The fourth-order valence-electron chi connectivity index (χ4n) is 2.43. The summed E-state index contributed by atoms with van der Waals surface area (Å²) in [6, 6.07) is 12.5. The van der Waals surface area contributed by atoms with Gasteiger partial charge in [-0.15, -0.1) is 23.1 Å². The maximum absolute atomic E-state index is 12.8. The second kappa shape index (κ2) is 8.83. The predicted octanol–water partition coefficient (Wildman–Crippen LogP) is 4.78. The van der Waals surface area contributed by atoms with Crippen LogP contribution in [0.25, 0.3) is 0 Å². The summed E-state index contributed by atoms with van der Waals surface area (Å²) in [6.07, 6.45) is 0. The average molecular weight is 399 g/mol. The maximum atomic E-state index is 12.8. The molecule has 2 aromatic carbocycles. The largest absolute Gasteiger partial charge is 0.465 e. The molecule has 1 amide bonds. The molecule has 0 spiro atoms. The number of hydrogen-bond acceptors (Lipinski definition) is 6. The summed E-state index contributed by atoms with van der Waals surface area (Å²) in [4.78, 5) is 29.7. The first-order valence-corrected chi connectivity index (χ1v) is 10.1. The van der Waals surface area contributed by atoms with Crippen LogP contribution in [-0.2, 0) is 10.5 Å². The molecule has 1 aromatic heterocycles. The molecule has 1 heterocycles. The number of carbonyl (C=O) groups is 2. The number of anilines is 1. The van der Waals surface area contributed by atoms with Gasteiger partial charge in [0.05, 0.1) is 29.4 Å². The number of nitrogens with zero attached hydrogens (tertiary/aromatic N) is 1. The highest BCUT2D eigenvalue weighted by Gasteiger charge is 2.15. The minimum Gasteiger partial charge on any atom is -0.465 e. The molecule has 3 aromatic rings. The van der Waals surface area contributed by atoms with E-state index in [1.165, 1.54) is 7.11 Å². The van der Waals surface area contributed by atoms with Gasteiger partial charge < -0.3 is 10.1 Å². The van der Waals surface area contributed by atoms with Gasteiger partial charge >= 0.3 is 5.97 Å². The van der Waals surface area contributed by atoms with Crippen molar-refractivity contribution >= 4 is 40.7 Å². The highest BCUT2D eigenvalue weighted by molar-refractivity contribution is 7.98. The van der Waals surface area contributed by atoms with E-state index in [0.717, 1.165) is 16.2 Å². The number of esters is 1. The Labute approximate surface area is 165 Å². The number of thioether (sulfide) groups is 1. The Kier molecular flexibility index (Phi) is 6.26. The van der Waals surface area contributed by atoms with Crippen LogP contribution in [0, 0.1) is 6.92 Å². The first-order valence-electron chi connectivity index (χ1n) is 8.17. The first-order chi connectivity index (χ1) is 13.1. The first kappa shape index (κ1) is 19.1. The monoisotopic (exact) mass is 398 g/mol. The quantitative estimate of drug-likeness (QED) is 0.478. The van der Waals surface area contributed by atoms with Crippen molar-refractivity contribution in [1.82, 2.24) is 4.98 Å². The Morgan fingerprint density at radius 2 is 2.04 bits per heavy atom. The molecule has 0 saturated carbocycles. The van der Waals surface area contributed by atoms with Crippen LogP contribution in [0.2, 0.25) is 0 Å². The standard InChI is InChI=1S/C20H18N2O3S2/c1-13-7-8-14(20(24)25-2)9-17(13)22-19(23)16-5-3-4-6-18(16)27-11-15-10-26-12-21-15/h3-10,12H,11H2,1-2H3,(H,22,23). The van der Waals surface area contributed by atoms with Crippen LogP contribution in [0.15, 0.2) is 58.3 Å². The van der Waals surface area contributed by atoms with Crippen LogP contribution in [0.5, 0.6) is 0 Å². The van der Waals surface area contributed by atoms with Crippen molar-refractivity contribution in [2.75, 3.05) is 12.4 Å². The molecule has 0 unspecified atom stereocenters. The highest BCUT2D eigenvalue weighted by Crippen LogP contribution is 2.27. The van der Waals surface area contributed by atoms with E-state index in [-0.39, 0.29) is 5.91 Å². The van der Waals surface area contributed by atoms with E-state index in [2.05, 4.69) is 10.3 Å². The lowest BCUT2D eigenvalue weighted by Gasteiger charge is -2.12. The molecule has 0 atom stereocenters. The number of carbonyl (C=O) groups excluding carboxylic acids is 2. The number of hydrogen-bond donors (Lipinski definition) is 1. The summed E-state index contributed by atoms with van der Waals surface area (Å²) in [6.45, 7) is 1.87. The Balaban J connectivity index is 1.79. The lowest BCUT2D eigenvalue weighted by molar-refractivity contribution is 0.0600. The van der Waals surface area contributed by atoms with Gasteiger partial charge in [-0.05, 0) is 36.8 Å². The van der Waals surface area contributed by atoms with Crippen molar-refractivity contribution in [2.45, 2.75) is 17.6 Å². The Bertz CT molecular complexity index is 956. The SMILES string of the molecule is COC(=O)c1ccc(C)c(NC(=O)c2ccccc2SCc2cscn2)c1. The van der Waals surface area contributed by atoms with E-state index in [4.69, 9.17) is 4.74 Å². The number of amides is 1. The van der Waals surface area contributed by atoms with Gasteiger partial charge in [0.15, 0.2) is 0 Å². The molecule has 0 aliphatic carbocycles. The van der Waals surface area contributed by atoms with Crippen LogP contribution in [-0.4, -0.2) is 24.0 Å². The molecule has 138 valence electrons. The lowest BCUT2D eigenvalue weighted by atomic mass is 10.1. The molecule has 5 nitrogen and oxygen atoms in total. The van der Waals surface area contributed by atoms with Crippen LogP contribution < -0.4 is 5.32 Å². The normalized spacial score (nSPS) is 10.4. The van der Waals surface area contributed by atoms with E-state index < -0.39 is 5.97 Å². The van der Waals surface area contributed by atoms with E-state index in [0.29, 0.717) is 22.6 Å². The molecule has 0 saturated heterocycles. The molecule has 27 heavy (non-hydrogen) atoms. The molecule has 0 aliphatic rings. The molecule has 1 N–H and O–H groups in total. The number of ether oxygens (including phenoxy) is 1. The fourth-order valence-corrected chi connectivity index (χ4v) is 4.05. The van der Waals surface area contributed by atoms with Gasteiger partial charge in [0, 0.05) is 21.7 Å². The van der Waals surface area contributed by atoms with Crippen molar-refractivity contribution in [3.05, 3.63) is 75.7 Å². The third-order valence-corrected chi connectivity index (χ3v) is 5.64. The maximum Gasteiger partial charge on any atom is 0.337 e. The minimum atomic E-state index is -0.440. The number of methoxy groups -OCH3 is 1. The number of benzene rings is 2. The van der Waals surface area contributed by atoms with Gasteiger partial charge in [0.2, 0.25) is 0 Å². The predicted molar refractivity (Wildman–Crippen MR) is 109 cm³/mol. The number of aromatic nitrogens is 1. The highest BCUT2D eigenvalue weighted by atomic mass is 32.2. The second-order valence-electron chi connectivity index (χ2n) is 5.74. The molecule has 7 heteroatoms. The molecule has 0 radical (unpaired) electrons. The summed E-state index contributed by atoms with van der Waals surface area (Å²) >= 11 is 3.12. The van der Waals surface area contributed by atoms with Crippen LogP contribution >= 0.6 is 23.1 Å². The topological polar surface area (TPSA) is 68.3 Å². The van der Waals surface area contributed by atoms with E-state index >= 15 is 0 Å². The number of aryl methyl sites for hydroxylation is 1. The van der Waals surface area contributed by atoms with Crippen LogP contribution in [0.4, 0.5) is 5.69 Å². The molecule has 0 aliphatic heterocycles. The Morgan fingerprint density at radius 3 is 2.78 bits per heavy atom. The molecular weight excluding hydrogens is 380 g/mol. The van der Waals surface area contributed by atoms with Crippen molar-refractivity contribution in [2.24, 2.45) is 0 Å². The summed E-state index contributed by atoms with van der Waals surface area (Å²) < 4.78 is 4.75. The third-order valence-electron chi connectivity index (χ3n) is 3.90. The van der Waals surface area contributed by atoms with Gasteiger partial charge in [-0.1, -0.05) is 18.2 Å². The van der Waals surface area contributed by atoms with Gasteiger partial charge in [-0.25, -0.2) is 9.78 Å². The van der Waals surface area contributed by atoms with Crippen molar-refractivity contribution in [3.63, 3.8) is 0 Å². The van der Waals surface area contributed by atoms with Gasteiger partial charge in [0.25, 0.3) is 5.91 Å². The number of rotatable bonds is 6. The van der Waals surface area contributed by atoms with E-state index in [1.54, 1.807) is 52.9 Å². The summed E-state index contributed by atoms with van der Waals surface area (Å²) in [5.41, 5.74) is 5.21. The van der Waals surface area contributed by atoms with Crippen molar-refractivity contribution in [3.8, 4) is 0 Å². The van der Waals surface area contributed by atoms with Gasteiger partial charge in [-0.2, -0.15) is 0 Å². The zero-order valence-corrected chi connectivity index (χ0v) is 16.5. The summed E-state index contributed by atoms with van der Waals surface area (Å²) in [5.74, 6) is 0.0381. The smallest absolute Gasteiger partial charge is 0.337 e. The lowest BCUT2D eigenvalue weighted by Crippen LogP contribution is -2.14.